The molecule has 3 heterocycles. The van der Waals surface area contributed by atoms with Crippen molar-refractivity contribution in [3.05, 3.63) is 29.9 Å². The van der Waals surface area contributed by atoms with E-state index < -0.39 is 10.0 Å². The molecule has 142 valence electrons. The Morgan fingerprint density at radius 3 is 2.92 bits per heavy atom. The lowest BCUT2D eigenvalue weighted by Gasteiger charge is -2.30. The Bertz CT molecular complexity index is 873. The van der Waals surface area contributed by atoms with Gasteiger partial charge in [-0.2, -0.15) is 9.40 Å². The van der Waals surface area contributed by atoms with E-state index in [0.29, 0.717) is 25.1 Å². The molecule has 1 saturated heterocycles. The van der Waals surface area contributed by atoms with Gasteiger partial charge in [-0.3, -0.25) is 9.48 Å². The van der Waals surface area contributed by atoms with E-state index in [2.05, 4.69) is 15.6 Å². The zero-order valence-electron chi connectivity index (χ0n) is 14.9. The highest BCUT2D eigenvalue weighted by molar-refractivity contribution is 7.89. The summed E-state index contributed by atoms with van der Waals surface area (Å²) in [6.45, 7) is 2.79. The topological polar surface area (TPSA) is 110 Å². The van der Waals surface area contributed by atoms with Gasteiger partial charge in [-0.05, 0) is 19.3 Å². The van der Waals surface area contributed by atoms with E-state index in [-0.39, 0.29) is 29.8 Å². The molecule has 3 rings (SSSR count). The first-order chi connectivity index (χ1) is 12.4. The van der Waals surface area contributed by atoms with Crippen LogP contribution in [0.3, 0.4) is 0 Å². The first-order valence-electron chi connectivity index (χ1n) is 8.61. The van der Waals surface area contributed by atoms with Crippen molar-refractivity contribution >= 4 is 15.9 Å². The highest BCUT2D eigenvalue weighted by atomic mass is 32.2. The zero-order valence-corrected chi connectivity index (χ0v) is 15.7. The Morgan fingerprint density at radius 1 is 1.46 bits per heavy atom. The van der Waals surface area contributed by atoms with Gasteiger partial charge in [-0.25, -0.2) is 8.42 Å². The fraction of sp³-hybridized carbons (Fsp3) is 0.562. The molecule has 1 N–H and O–H groups in total. The van der Waals surface area contributed by atoms with Gasteiger partial charge in [-0.15, -0.1) is 0 Å². The van der Waals surface area contributed by atoms with Crippen molar-refractivity contribution in [3.63, 3.8) is 0 Å². The van der Waals surface area contributed by atoms with Crippen LogP contribution in [0, 0.1) is 5.92 Å². The monoisotopic (exact) mass is 381 g/mol. The van der Waals surface area contributed by atoms with Crippen LogP contribution in [0.4, 0.5) is 0 Å². The van der Waals surface area contributed by atoms with Gasteiger partial charge < -0.3 is 9.84 Å². The smallest absolute Gasteiger partial charge is 0.246 e. The number of piperidine rings is 1. The summed E-state index contributed by atoms with van der Waals surface area (Å²) in [5.41, 5.74) is 0.834. The lowest BCUT2D eigenvalue weighted by Crippen LogP contribution is -2.45. The molecule has 0 spiro atoms. The minimum Gasteiger partial charge on any atom is -0.359 e. The van der Waals surface area contributed by atoms with E-state index in [1.807, 2.05) is 6.92 Å². The molecule has 0 aromatic carbocycles. The number of sulfonamides is 1. The molecule has 1 unspecified atom stereocenters. The summed E-state index contributed by atoms with van der Waals surface area (Å²) >= 11 is 0. The number of aromatic nitrogens is 3. The van der Waals surface area contributed by atoms with Gasteiger partial charge in [-0.1, -0.05) is 12.1 Å². The second-order valence-corrected chi connectivity index (χ2v) is 8.35. The molecule has 9 nitrogen and oxygen atoms in total. The van der Waals surface area contributed by atoms with E-state index in [1.54, 1.807) is 13.1 Å². The molecule has 0 radical (unpaired) electrons. The maximum absolute atomic E-state index is 12.7. The number of rotatable bonds is 6. The van der Waals surface area contributed by atoms with Gasteiger partial charge in [0.2, 0.25) is 15.9 Å². The largest absolute Gasteiger partial charge is 0.359 e. The van der Waals surface area contributed by atoms with Crippen LogP contribution in [0.5, 0.6) is 0 Å². The molecule has 2 aromatic rings. The Kier molecular flexibility index (Phi) is 5.42. The number of aryl methyl sites for hydroxylation is 2. The fourth-order valence-corrected chi connectivity index (χ4v) is 4.49. The number of hydrogen-bond acceptors (Lipinski definition) is 6. The van der Waals surface area contributed by atoms with Gasteiger partial charge in [0.15, 0.2) is 5.76 Å². The fourth-order valence-electron chi connectivity index (χ4n) is 2.98. The second-order valence-electron chi connectivity index (χ2n) is 6.41. The molecule has 1 aliphatic heterocycles. The van der Waals surface area contributed by atoms with Gasteiger partial charge in [0.05, 0.1) is 24.4 Å². The van der Waals surface area contributed by atoms with Crippen molar-refractivity contribution in [2.24, 2.45) is 13.0 Å². The van der Waals surface area contributed by atoms with Crippen molar-refractivity contribution < 1.29 is 17.7 Å². The predicted octanol–water partition coefficient (Wildman–Crippen LogP) is 0.688. The highest BCUT2D eigenvalue weighted by Gasteiger charge is 2.33. The SMILES string of the molecule is CCc1cc(CNC(=O)C2CCCN(S(=O)(=O)c3cnn(C)c3)C2)on1. The van der Waals surface area contributed by atoms with E-state index in [1.165, 1.54) is 21.4 Å². The molecule has 1 fully saturated rings. The van der Waals surface area contributed by atoms with E-state index >= 15 is 0 Å². The first-order valence-corrected chi connectivity index (χ1v) is 10.0. The molecule has 1 aliphatic rings. The first kappa shape index (κ1) is 18.6. The molecule has 10 heteroatoms. The van der Waals surface area contributed by atoms with Crippen LogP contribution in [0.15, 0.2) is 27.9 Å². The van der Waals surface area contributed by atoms with Gasteiger partial charge >= 0.3 is 0 Å². The van der Waals surface area contributed by atoms with Crippen LogP contribution in [-0.2, 0) is 34.8 Å². The molecule has 0 bridgehead atoms. The van der Waals surface area contributed by atoms with Crippen molar-refractivity contribution in [3.8, 4) is 0 Å². The Labute approximate surface area is 152 Å². The summed E-state index contributed by atoms with van der Waals surface area (Å²) in [5.74, 6) is 0.0279. The van der Waals surface area contributed by atoms with Crippen LogP contribution in [0.1, 0.15) is 31.2 Å². The average molecular weight is 381 g/mol. The number of amides is 1. The molecule has 2 aromatic heterocycles. The Balaban J connectivity index is 1.61. The lowest BCUT2D eigenvalue weighted by molar-refractivity contribution is -0.126. The van der Waals surface area contributed by atoms with Crippen LogP contribution in [0.2, 0.25) is 0 Å². The number of hydrogen-bond donors (Lipinski definition) is 1. The number of carbonyl (C=O) groups is 1. The Morgan fingerprint density at radius 2 is 2.27 bits per heavy atom. The third-order valence-electron chi connectivity index (χ3n) is 4.48. The van der Waals surface area contributed by atoms with Crippen LogP contribution < -0.4 is 5.32 Å². The maximum Gasteiger partial charge on any atom is 0.246 e. The van der Waals surface area contributed by atoms with Gasteiger partial charge in [0, 0.05) is 32.4 Å². The van der Waals surface area contributed by atoms with Crippen LogP contribution in [-0.4, -0.2) is 46.7 Å². The van der Waals surface area contributed by atoms with Crippen LogP contribution in [0.25, 0.3) is 0 Å². The third kappa shape index (κ3) is 3.96. The molecular formula is C16H23N5O4S. The summed E-state index contributed by atoms with van der Waals surface area (Å²) in [6.07, 6.45) is 4.85. The Hall–Kier alpha value is -2.20. The summed E-state index contributed by atoms with van der Waals surface area (Å²) in [5, 5.41) is 10.6. The highest BCUT2D eigenvalue weighted by Crippen LogP contribution is 2.23. The quantitative estimate of drug-likeness (QED) is 0.788. The number of carbonyl (C=O) groups excluding carboxylic acids is 1. The third-order valence-corrected chi connectivity index (χ3v) is 6.30. The van der Waals surface area contributed by atoms with Crippen LogP contribution >= 0.6 is 0 Å². The van der Waals surface area contributed by atoms with E-state index in [0.717, 1.165) is 12.1 Å². The van der Waals surface area contributed by atoms with E-state index in [9.17, 15) is 13.2 Å². The maximum atomic E-state index is 12.7. The number of nitrogens with one attached hydrogen (secondary N) is 1. The van der Waals surface area contributed by atoms with Gasteiger partial charge in [0.1, 0.15) is 4.90 Å². The zero-order chi connectivity index (χ0) is 18.7. The summed E-state index contributed by atoms with van der Waals surface area (Å²) < 4.78 is 33.4. The molecular weight excluding hydrogens is 358 g/mol. The molecule has 1 amide bonds. The molecule has 0 saturated carbocycles. The van der Waals surface area contributed by atoms with Crippen molar-refractivity contribution in [2.75, 3.05) is 13.1 Å². The number of nitrogens with zero attached hydrogens (tertiary/aromatic N) is 4. The van der Waals surface area contributed by atoms with Crippen molar-refractivity contribution in [2.45, 2.75) is 37.6 Å². The average Bonchev–Trinajstić information content (AvgIpc) is 3.28. The molecule has 0 aliphatic carbocycles. The minimum absolute atomic E-state index is 0.148. The molecule has 1 atom stereocenters. The van der Waals surface area contributed by atoms with Gasteiger partial charge in [0.25, 0.3) is 0 Å². The summed E-state index contributed by atoms with van der Waals surface area (Å²) in [4.78, 5) is 12.6. The normalized spacial score (nSPS) is 18.8. The van der Waals surface area contributed by atoms with Crippen molar-refractivity contribution in [1.82, 2.24) is 24.6 Å². The molecule has 26 heavy (non-hydrogen) atoms. The standard InChI is InChI=1S/C16H23N5O4S/c1-3-13-7-14(25-19-13)8-17-16(22)12-5-4-6-21(10-12)26(23,24)15-9-18-20(2)11-15/h7,9,11-12H,3-6,8,10H2,1-2H3,(H,17,22). The van der Waals surface area contributed by atoms with Crippen molar-refractivity contribution in [1.29, 1.82) is 0 Å². The minimum atomic E-state index is -3.63. The second kappa shape index (κ2) is 7.58. The lowest BCUT2D eigenvalue weighted by atomic mass is 9.99. The summed E-state index contributed by atoms with van der Waals surface area (Å²) in [6, 6.07) is 1.81. The van der Waals surface area contributed by atoms with E-state index in [4.69, 9.17) is 4.52 Å². The predicted molar refractivity (Wildman–Crippen MR) is 92.4 cm³/mol. The summed E-state index contributed by atoms with van der Waals surface area (Å²) in [7, 11) is -1.97.